The fourth-order valence-electron chi connectivity index (χ4n) is 3.36. The number of unbranched alkanes of at least 4 members (excludes halogenated alkanes) is 8. The van der Waals surface area contributed by atoms with Crippen LogP contribution in [-0.4, -0.2) is 23.1 Å². The zero-order valence-electron chi connectivity index (χ0n) is 18.6. The van der Waals surface area contributed by atoms with Crippen LogP contribution in [0.3, 0.4) is 0 Å². The van der Waals surface area contributed by atoms with Gasteiger partial charge in [0.05, 0.1) is 12.0 Å². The lowest BCUT2D eigenvalue weighted by molar-refractivity contribution is -0.161. The van der Waals surface area contributed by atoms with Crippen LogP contribution in [0.4, 0.5) is 0 Å². The molecule has 0 amide bonds. The number of ether oxygens (including phenoxy) is 1. The standard InChI is InChI=1S/C24H44O4/c1-4-6-8-15-19-23(26)20-16-13-11-9-10-12-14-18-22(17-7-5-2)24(27)28-21(3)25/h13,16,22-23,26H,4-12,14-15,17-20H2,1-3H3/b16-13-. The minimum Gasteiger partial charge on any atom is -0.393 e. The molecule has 0 aliphatic heterocycles. The highest BCUT2D eigenvalue weighted by molar-refractivity contribution is 5.85. The molecule has 2 atom stereocenters. The SMILES string of the molecule is CCCCCCC(O)C/C=C\CCCCCCC(CCCC)C(=O)OC(C)=O. The first-order chi connectivity index (χ1) is 13.5. The zero-order valence-corrected chi connectivity index (χ0v) is 18.6. The predicted molar refractivity (Wildman–Crippen MR) is 116 cm³/mol. The van der Waals surface area contributed by atoms with E-state index in [1.165, 1.54) is 26.2 Å². The summed E-state index contributed by atoms with van der Waals surface area (Å²) < 4.78 is 4.78. The Morgan fingerprint density at radius 3 is 2.11 bits per heavy atom. The quantitative estimate of drug-likeness (QED) is 0.124. The molecule has 0 aliphatic carbocycles. The Labute approximate surface area is 173 Å². The first kappa shape index (κ1) is 26.8. The molecule has 0 saturated heterocycles. The van der Waals surface area contributed by atoms with Crippen LogP contribution in [0.25, 0.3) is 0 Å². The molecule has 0 spiro atoms. The van der Waals surface area contributed by atoms with Crippen molar-refractivity contribution in [2.24, 2.45) is 5.92 Å². The van der Waals surface area contributed by atoms with E-state index in [0.717, 1.165) is 77.0 Å². The van der Waals surface area contributed by atoms with Crippen LogP contribution < -0.4 is 0 Å². The van der Waals surface area contributed by atoms with E-state index in [9.17, 15) is 14.7 Å². The van der Waals surface area contributed by atoms with Gasteiger partial charge in [-0.2, -0.15) is 0 Å². The number of carbonyl (C=O) groups is 2. The topological polar surface area (TPSA) is 63.6 Å². The summed E-state index contributed by atoms with van der Waals surface area (Å²) in [5.74, 6) is -0.996. The van der Waals surface area contributed by atoms with Crippen molar-refractivity contribution in [3.05, 3.63) is 12.2 Å². The maximum atomic E-state index is 12.0. The number of esters is 2. The third-order valence-corrected chi connectivity index (χ3v) is 5.12. The highest BCUT2D eigenvalue weighted by Crippen LogP contribution is 2.19. The highest BCUT2D eigenvalue weighted by Gasteiger charge is 2.20. The largest absolute Gasteiger partial charge is 0.393 e. The molecule has 0 aromatic carbocycles. The Morgan fingerprint density at radius 2 is 1.43 bits per heavy atom. The molecule has 0 radical (unpaired) electrons. The van der Waals surface area contributed by atoms with Crippen molar-refractivity contribution in [1.82, 2.24) is 0 Å². The van der Waals surface area contributed by atoms with Crippen LogP contribution in [0.1, 0.15) is 117 Å². The predicted octanol–water partition coefficient (Wildman–Crippen LogP) is 6.50. The Bertz CT molecular complexity index is 417. The molecule has 0 heterocycles. The number of hydrogen-bond donors (Lipinski definition) is 1. The zero-order chi connectivity index (χ0) is 21.0. The van der Waals surface area contributed by atoms with Crippen LogP contribution in [0.15, 0.2) is 12.2 Å². The van der Waals surface area contributed by atoms with Crippen LogP contribution in [0, 0.1) is 5.92 Å². The van der Waals surface area contributed by atoms with Crippen molar-refractivity contribution in [2.75, 3.05) is 0 Å². The Balaban J connectivity index is 3.76. The van der Waals surface area contributed by atoms with Gasteiger partial charge in [0.15, 0.2) is 0 Å². The third kappa shape index (κ3) is 17.0. The molecular formula is C24H44O4. The molecule has 0 saturated carbocycles. The lowest BCUT2D eigenvalue weighted by atomic mass is 9.95. The molecule has 0 aromatic heterocycles. The van der Waals surface area contributed by atoms with Crippen LogP contribution in [-0.2, 0) is 14.3 Å². The van der Waals surface area contributed by atoms with Gasteiger partial charge in [-0.1, -0.05) is 83.8 Å². The van der Waals surface area contributed by atoms with Crippen LogP contribution >= 0.6 is 0 Å². The van der Waals surface area contributed by atoms with Crippen molar-refractivity contribution in [3.8, 4) is 0 Å². The number of aliphatic hydroxyl groups excluding tert-OH is 1. The molecule has 0 aromatic rings. The lowest BCUT2D eigenvalue weighted by Gasteiger charge is -2.14. The number of rotatable bonds is 18. The summed E-state index contributed by atoms with van der Waals surface area (Å²) in [6.45, 7) is 5.59. The molecule has 0 aliphatic rings. The minimum atomic E-state index is -0.510. The number of aliphatic hydroxyl groups is 1. The normalized spacial score (nSPS) is 13.6. The molecular weight excluding hydrogens is 352 g/mol. The first-order valence-electron chi connectivity index (χ1n) is 11.6. The first-order valence-corrected chi connectivity index (χ1v) is 11.6. The van der Waals surface area contributed by atoms with E-state index in [2.05, 4.69) is 26.0 Å². The number of hydrogen-bond acceptors (Lipinski definition) is 4. The van der Waals surface area contributed by atoms with Crippen molar-refractivity contribution in [2.45, 2.75) is 123 Å². The average molecular weight is 397 g/mol. The van der Waals surface area contributed by atoms with Gasteiger partial charge in [-0.05, 0) is 38.5 Å². The molecule has 2 unspecified atom stereocenters. The molecule has 0 rings (SSSR count). The number of carbonyl (C=O) groups excluding carboxylic acids is 2. The van der Waals surface area contributed by atoms with E-state index < -0.39 is 5.97 Å². The van der Waals surface area contributed by atoms with Crippen LogP contribution in [0.2, 0.25) is 0 Å². The summed E-state index contributed by atoms with van der Waals surface area (Å²) in [6, 6.07) is 0. The fraction of sp³-hybridized carbons (Fsp3) is 0.833. The van der Waals surface area contributed by atoms with Crippen LogP contribution in [0.5, 0.6) is 0 Å². The molecule has 0 fully saturated rings. The summed E-state index contributed by atoms with van der Waals surface area (Å²) >= 11 is 0. The summed E-state index contributed by atoms with van der Waals surface area (Å²) in [5, 5.41) is 9.92. The maximum absolute atomic E-state index is 12.0. The van der Waals surface area contributed by atoms with Gasteiger partial charge in [-0.3, -0.25) is 9.59 Å². The number of allylic oxidation sites excluding steroid dienone is 1. The van der Waals surface area contributed by atoms with Gasteiger partial charge in [-0.25, -0.2) is 0 Å². The van der Waals surface area contributed by atoms with E-state index in [4.69, 9.17) is 4.74 Å². The summed E-state index contributed by atoms with van der Waals surface area (Å²) in [6.07, 6.45) is 19.7. The monoisotopic (exact) mass is 396 g/mol. The van der Waals surface area contributed by atoms with Gasteiger partial charge < -0.3 is 9.84 Å². The summed E-state index contributed by atoms with van der Waals surface area (Å²) in [5.41, 5.74) is 0. The van der Waals surface area contributed by atoms with E-state index in [1.807, 2.05) is 0 Å². The van der Waals surface area contributed by atoms with E-state index in [0.29, 0.717) is 0 Å². The molecule has 164 valence electrons. The van der Waals surface area contributed by atoms with Crippen molar-refractivity contribution < 1.29 is 19.4 Å². The van der Waals surface area contributed by atoms with Crippen molar-refractivity contribution >= 4 is 11.9 Å². The van der Waals surface area contributed by atoms with E-state index in [1.54, 1.807) is 0 Å². The Hall–Kier alpha value is -1.16. The maximum Gasteiger partial charge on any atom is 0.316 e. The Kier molecular flexibility index (Phi) is 18.4. The third-order valence-electron chi connectivity index (χ3n) is 5.12. The fourth-order valence-corrected chi connectivity index (χ4v) is 3.36. The van der Waals surface area contributed by atoms with Crippen molar-refractivity contribution in [1.29, 1.82) is 0 Å². The molecule has 1 N–H and O–H groups in total. The minimum absolute atomic E-state index is 0.137. The average Bonchev–Trinajstić information content (AvgIpc) is 2.65. The van der Waals surface area contributed by atoms with Gasteiger partial charge in [0, 0.05) is 6.92 Å². The van der Waals surface area contributed by atoms with E-state index in [-0.39, 0.29) is 18.0 Å². The van der Waals surface area contributed by atoms with Crippen molar-refractivity contribution in [3.63, 3.8) is 0 Å². The molecule has 4 heteroatoms. The molecule has 28 heavy (non-hydrogen) atoms. The van der Waals surface area contributed by atoms with Gasteiger partial charge in [0.2, 0.25) is 0 Å². The van der Waals surface area contributed by atoms with Gasteiger partial charge >= 0.3 is 11.9 Å². The summed E-state index contributed by atoms with van der Waals surface area (Å²) in [7, 11) is 0. The van der Waals surface area contributed by atoms with Gasteiger partial charge in [-0.15, -0.1) is 0 Å². The Morgan fingerprint density at radius 1 is 0.821 bits per heavy atom. The molecule has 4 nitrogen and oxygen atoms in total. The van der Waals surface area contributed by atoms with Gasteiger partial charge in [0.25, 0.3) is 0 Å². The van der Waals surface area contributed by atoms with Gasteiger partial charge in [0.1, 0.15) is 0 Å². The second-order valence-electron chi connectivity index (χ2n) is 7.95. The smallest absolute Gasteiger partial charge is 0.316 e. The highest BCUT2D eigenvalue weighted by atomic mass is 16.6. The second kappa shape index (κ2) is 19.2. The molecule has 0 bridgehead atoms. The van der Waals surface area contributed by atoms with E-state index >= 15 is 0 Å². The summed E-state index contributed by atoms with van der Waals surface area (Å²) in [4.78, 5) is 23.0. The second-order valence-corrected chi connectivity index (χ2v) is 7.95. The lowest BCUT2D eigenvalue weighted by Crippen LogP contribution is -2.20.